The van der Waals surface area contributed by atoms with E-state index in [1.54, 1.807) is 19.2 Å². The third-order valence-corrected chi connectivity index (χ3v) is 3.17. The van der Waals surface area contributed by atoms with Crippen molar-refractivity contribution >= 4 is 5.91 Å². The fourth-order valence-electron chi connectivity index (χ4n) is 1.90. The summed E-state index contributed by atoms with van der Waals surface area (Å²) in [7, 11) is 1.62. The molecule has 116 valence electrons. The lowest BCUT2D eigenvalue weighted by molar-refractivity contribution is 0.0947. The van der Waals surface area contributed by atoms with Crippen molar-refractivity contribution < 1.29 is 14.3 Å². The van der Waals surface area contributed by atoms with E-state index in [9.17, 15) is 4.79 Å². The van der Waals surface area contributed by atoms with Crippen LogP contribution in [0.5, 0.6) is 11.5 Å². The Hall–Kier alpha value is -2.53. The number of nitrogens with one attached hydrogen (secondary N) is 1. The number of nitrogens with two attached hydrogens (primary N) is 1. The molecule has 0 unspecified atom stereocenters. The van der Waals surface area contributed by atoms with Crippen molar-refractivity contribution in [2.75, 3.05) is 20.3 Å². The van der Waals surface area contributed by atoms with Crippen LogP contribution in [0.25, 0.3) is 0 Å². The van der Waals surface area contributed by atoms with Crippen LogP contribution in [-0.4, -0.2) is 26.2 Å². The maximum absolute atomic E-state index is 11.9. The number of methoxy groups -OCH3 is 1. The molecule has 0 spiro atoms. The summed E-state index contributed by atoms with van der Waals surface area (Å²) >= 11 is 0. The second-order valence-corrected chi connectivity index (χ2v) is 4.68. The van der Waals surface area contributed by atoms with Crippen molar-refractivity contribution in [3.8, 4) is 11.5 Å². The van der Waals surface area contributed by atoms with Gasteiger partial charge in [0.1, 0.15) is 18.1 Å². The van der Waals surface area contributed by atoms with E-state index in [1.165, 1.54) is 0 Å². The molecule has 0 saturated carbocycles. The van der Waals surface area contributed by atoms with Crippen LogP contribution in [0.3, 0.4) is 0 Å². The summed E-state index contributed by atoms with van der Waals surface area (Å²) in [6.07, 6.45) is 0. The van der Waals surface area contributed by atoms with Gasteiger partial charge in [0.05, 0.1) is 13.7 Å². The number of carbonyl (C=O) groups is 1. The second kappa shape index (κ2) is 8.05. The van der Waals surface area contributed by atoms with Crippen LogP contribution in [0.4, 0.5) is 0 Å². The normalized spacial score (nSPS) is 10.1. The number of benzene rings is 2. The number of hydrogen-bond acceptors (Lipinski definition) is 4. The maximum Gasteiger partial charge on any atom is 0.251 e. The minimum Gasteiger partial charge on any atom is -0.497 e. The summed E-state index contributed by atoms with van der Waals surface area (Å²) in [4.78, 5) is 11.9. The highest BCUT2D eigenvalue weighted by Gasteiger charge is 2.04. The molecule has 2 aromatic carbocycles. The zero-order valence-corrected chi connectivity index (χ0v) is 12.5. The molecule has 1 amide bonds. The first kappa shape index (κ1) is 15.9. The van der Waals surface area contributed by atoms with E-state index in [0.29, 0.717) is 25.3 Å². The van der Waals surface area contributed by atoms with E-state index in [-0.39, 0.29) is 5.91 Å². The summed E-state index contributed by atoms with van der Waals surface area (Å²) in [5.74, 6) is 1.39. The van der Waals surface area contributed by atoms with Crippen LogP contribution in [0.1, 0.15) is 15.9 Å². The molecule has 5 nitrogen and oxygen atoms in total. The van der Waals surface area contributed by atoms with Crippen LogP contribution in [0.2, 0.25) is 0 Å². The lowest BCUT2D eigenvalue weighted by Gasteiger charge is -2.08. The van der Waals surface area contributed by atoms with Crippen molar-refractivity contribution in [2.45, 2.75) is 6.54 Å². The first-order valence-electron chi connectivity index (χ1n) is 7.07. The Labute approximate surface area is 130 Å². The quantitative estimate of drug-likeness (QED) is 0.767. The minimum atomic E-state index is -0.123. The number of ether oxygens (including phenoxy) is 2. The maximum atomic E-state index is 11.9. The molecule has 3 N–H and O–H groups in total. The molecule has 0 atom stereocenters. The van der Waals surface area contributed by atoms with Crippen LogP contribution in [0, 0.1) is 0 Å². The molecule has 2 rings (SSSR count). The van der Waals surface area contributed by atoms with Gasteiger partial charge in [-0.25, -0.2) is 0 Å². The first-order valence-corrected chi connectivity index (χ1v) is 7.07. The molecule has 0 aliphatic carbocycles. The first-order chi connectivity index (χ1) is 10.7. The summed E-state index contributed by atoms with van der Waals surface area (Å²) < 4.78 is 10.6. The molecule has 2 aromatic rings. The number of hydrogen-bond donors (Lipinski definition) is 2. The molecule has 0 bridgehead atoms. The fraction of sp³-hybridized carbons (Fsp3) is 0.235. The molecular weight excluding hydrogens is 280 g/mol. The Morgan fingerprint density at radius 3 is 2.27 bits per heavy atom. The third kappa shape index (κ3) is 4.49. The van der Waals surface area contributed by atoms with Crippen LogP contribution < -0.4 is 20.5 Å². The van der Waals surface area contributed by atoms with Gasteiger partial charge in [-0.15, -0.1) is 0 Å². The Morgan fingerprint density at radius 2 is 1.68 bits per heavy atom. The van der Waals surface area contributed by atoms with Gasteiger partial charge in [-0.3, -0.25) is 4.79 Å². The Morgan fingerprint density at radius 1 is 1.05 bits per heavy atom. The van der Waals surface area contributed by atoms with Gasteiger partial charge in [0.25, 0.3) is 5.91 Å². The predicted octanol–water partition coefficient (Wildman–Crippen LogP) is 1.96. The third-order valence-electron chi connectivity index (χ3n) is 3.17. The molecule has 0 radical (unpaired) electrons. The highest BCUT2D eigenvalue weighted by atomic mass is 16.5. The van der Waals surface area contributed by atoms with Crippen molar-refractivity contribution in [2.24, 2.45) is 5.73 Å². The summed E-state index contributed by atoms with van der Waals surface area (Å²) in [5, 5.41) is 2.81. The Kier molecular flexibility index (Phi) is 5.80. The Balaban J connectivity index is 1.74. The standard InChI is InChI=1S/C17H20N2O3/c1-21-15-6-8-16(9-7-15)22-11-10-19-17(20)14-4-2-13(12-18)3-5-14/h2-9H,10-12,18H2,1H3,(H,19,20). The summed E-state index contributed by atoms with van der Waals surface area (Å²) in [6.45, 7) is 1.31. The number of amides is 1. The second-order valence-electron chi connectivity index (χ2n) is 4.68. The fourth-order valence-corrected chi connectivity index (χ4v) is 1.90. The average Bonchev–Trinajstić information content (AvgIpc) is 2.59. The molecule has 0 fully saturated rings. The predicted molar refractivity (Wildman–Crippen MR) is 85.2 cm³/mol. The highest BCUT2D eigenvalue weighted by Crippen LogP contribution is 2.16. The molecule has 0 aliphatic heterocycles. The van der Waals surface area contributed by atoms with Crippen LogP contribution >= 0.6 is 0 Å². The molecular formula is C17H20N2O3. The van der Waals surface area contributed by atoms with Gasteiger partial charge in [0, 0.05) is 12.1 Å². The van der Waals surface area contributed by atoms with E-state index in [1.807, 2.05) is 36.4 Å². The molecule has 0 aromatic heterocycles. The lowest BCUT2D eigenvalue weighted by Crippen LogP contribution is -2.28. The van der Waals surface area contributed by atoms with Gasteiger partial charge < -0.3 is 20.5 Å². The van der Waals surface area contributed by atoms with Crippen LogP contribution in [0.15, 0.2) is 48.5 Å². The van der Waals surface area contributed by atoms with E-state index in [0.717, 1.165) is 17.1 Å². The van der Waals surface area contributed by atoms with Gasteiger partial charge in [0.15, 0.2) is 0 Å². The van der Waals surface area contributed by atoms with Crippen molar-refractivity contribution in [1.29, 1.82) is 0 Å². The number of carbonyl (C=O) groups excluding carboxylic acids is 1. The molecule has 5 heteroatoms. The topological polar surface area (TPSA) is 73.6 Å². The van der Waals surface area contributed by atoms with E-state index < -0.39 is 0 Å². The highest BCUT2D eigenvalue weighted by molar-refractivity contribution is 5.94. The molecule has 0 aliphatic rings. The molecule has 0 heterocycles. The molecule has 22 heavy (non-hydrogen) atoms. The van der Waals surface area contributed by atoms with Gasteiger partial charge >= 0.3 is 0 Å². The van der Waals surface area contributed by atoms with E-state index >= 15 is 0 Å². The zero-order chi connectivity index (χ0) is 15.8. The number of rotatable bonds is 7. The van der Waals surface area contributed by atoms with Crippen molar-refractivity contribution in [1.82, 2.24) is 5.32 Å². The zero-order valence-electron chi connectivity index (χ0n) is 12.5. The Bertz CT molecular complexity index is 594. The van der Waals surface area contributed by atoms with Gasteiger partial charge in [-0.05, 0) is 42.0 Å². The van der Waals surface area contributed by atoms with Gasteiger partial charge in [-0.2, -0.15) is 0 Å². The smallest absolute Gasteiger partial charge is 0.251 e. The lowest BCUT2D eigenvalue weighted by atomic mass is 10.1. The van der Waals surface area contributed by atoms with E-state index in [4.69, 9.17) is 15.2 Å². The summed E-state index contributed by atoms with van der Waals surface area (Å²) in [6, 6.07) is 14.5. The van der Waals surface area contributed by atoms with Gasteiger partial charge in [0.2, 0.25) is 0 Å². The van der Waals surface area contributed by atoms with Crippen molar-refractivity contribution in [3.63, 3.8) is 0 Å². The molecule has 0 saturated heterocycles. The average molecular weight is 300 g/mol. The van der Waals surface area contributed by atoms with Crippen LogP contribution in [-0.2, 0) is 6.54 Å². The largest absolute Gasteiger partial charge is 0.497 e. The van der Waals surface area contributed by atoms with E-state index in [2.05, 4.69) is 5.32 Å². The van der Waals surface area contributed by atoms with Crippen molar-refractivity contribution in [3.05, 3.63) is 59.7 Å². The minimum absolute atomic E-state index is 0.123. The SMILES string of the molecule is COc1ccc(OCCNC(=O)c2ccc(CN)cc2)cc1. The summed E-state index contributed by atoms with van der Waals surface area (Å²) in [5.41, 5.74) is 7.13. The monoisotopic (exact) mass is 300 g/mol. The van der Waals surface area contributed by atoms with Gasteiger partial charge in [-0.1, -0.05) is 12.1 Å².